The van der Waals surface area contributed by atoms with Crippen molar-refractivity contribution in [2.24, 2.45) is 10.7 Å². The number of amides is 2. The molecule has 0 aromatic heterocycles. The van der Waals surface area contributed by atoms with Crippen LogP contribution in [0.3, 0.4) is 0 Å². The van der Waals surface area contributed by atoms with Gasteiger partial charge in [-0.1, -0.05) is 0 Å². The number of carbonyl (C=O) groups excluding carboxylic acids is 2. The Labute approximate surface area is 140 Å². The van der Waals surface area contributed by atoms with Crippen molar-refractivity contribution in [1.82, 2.24) is 0 Å². The van der Waals surface area contributed by atoms with E-state index in [1.165, 1.54) is 0 Å². The number of carbonyl (C=O) groups is 3. The highest BCUT2D eigenvalue weighted by molar-refractivity contribution is 5.92. The van der Waals surface area contributed by atoms with E-state index < -0.39 is 39.9 Å². The lowest BCUT2D eigenvalue weighted by Gasteiger charge is -2.31. The number of quaternary nitrogens is 1. The van der Waals surface area contributed by atoms with Crippen molar-refractivity contribution in [3.8, 4) is 0 Å². The molecular formula is C15H24N3O6+. The van der Waals surface area contributed by atoms with Crippen molar-refractivity contribution in [3.05, 3.63) is 11.9 Å². The summed E-state index contributed by atoms with van der Waals surface area (Å²) in [5, 5.41) is 9.17. The standard InChI is InChI=1S/C15H23N3O6/c1-14(2,3)23-12(21)18(13(22)24-15(4,5)6)8-17-7-9(18)10(16)11(19)20/h7-8,10H,16H2,1-6H3/p+1. The highest BCUT2D eigenvalue weighted by atomic mass is 16.6. The summed E-state index contributed by atoms with van der Waals surface area (Å²) >= 11 is 0. The molecule has 0 saturated heterocycles. The maximum atomic E-state index is 12.7. The fourth-order valence-corrected chi connectivity index (χ4v) is 1.84. The Morgan fingerprint density at radius 1 is 1.08 bits per heavy atom. The van der Waals surface area contributed by atoms with Crippen LogP contribution < -0.4 is 5.73 Å². The van der Waals surface area contributed by atoms with Crippen molar-refractivity contribution >= 4 is 24.5 Å². The van der Waals surface area contributed by atoms with E-state index in [0.29, 0.717) is 0 Å². The molecule has 0 bridgehead atoms. The van der Waals surface area contributed by atoms with Crippen LogP contribution in [0.4, 0.5) is 9.59 Å². The molecule has 0 radical (unpaired) electrons. The minimum atomic E-state index is -1.63. The molecule has 2 amide bonds. The maximum absolute atomic E-state index is 12.7. The van der Waals surface area contributed by atoms with Crippen LogP contribution in [0.15, 0.2) is 16.9 Å². The molecule has 24 heavy (non-hydrogen) atoms. The number of hydrogen-bond acceptors (Lipinski definition) is 7. The minimum Gasteiger partial charge on any atom is -0.480 e. The number of aliphatic imine (C=N–C) groups is 1. The molecular weight excluding hydrogens is 318 g/mol. The SMILES string of the molecule is CC(C)(C)OC(=O)[N+]1(C(=O)OC(C)(C)C)C=NC=C1C(N)C(=O)O. The average molecular weight is 342 g/mol. The molecule has 1 heterocycles. The van der Waals surface area contributed by atoms with Gasteiger partial charge in [0.05, 0.1) is 6.20 Å². The van der Waals surface area contributed by atoms with Gasteiger partial charge in [0.2, 0.25) is 6.34 Å². The van der Waals surface area contributed by atoms with Gasteiger partial charge in [0.15, 0.2) is 11.7 Å². The van der Waals surface area contributed by atoms with Crippen molar-refractivity contribution in [3.63, 3.8) is 0 Å². The summed E-state index contributed by atoms with van der Waals surface area (Å²) in [6.45, 7) is 9.69. The van der Waals surface area contributed by atoms with Crippen LogP contribution in [0.5, 0.6) is 0 Å². The third kappa shape index (κ3) is 4.18. The van der Waals surface area contributed by atoms with Gasteiger partial charge in [-0.05, 0) is 46.0 Å². The molecule has 1 rings (SSSR count). The number of hydrogen-bond donors (Lipinski definition) is 2. The second-order valence-corrected chi connectivity index (χ2v) is 7.32. The summed E-state index contributed by atoms with van der Waals surface area (Å²) in [6.07, 6.45) is -0.0608. The van der Waals surface area contributed by atoms with E-state index in [-0.39, 0.29) is 5.70 Å². The third-order valence-corrected chi connectivity index (χ3v) is 2.80. The summed E-state index contributed by atoms with van der Waals surface area (Å²) in [6, 6.07) is -1.63. The lowest BCUT2D eigenvalue weighted by molar-refractivity contribution is -0.643. The summed E-state index contributed by atoms with van der Waals surface area (Å²) in [5.74, 6) is -1.42. The predicted molar refractivity (Wildman–Crippen MR) is 84.9 cm³/mol. The zero-order valence-corrected chi connectivity index (χ0v) is 14.7. The Hall–Kier alpha value is -2.26. The fourth-order valence-electron chi connectivity index (χ4n) is 1.84. The number of nitrogens with zero attached hydrogens (tertiary/aromatic N) is 2. The topological polar surface area (TPSA) is 128 Å². The largest absolute Gasteiger partial charge is 0.538 e. The number of carboxylic acids is 1. The monoisotopic (exact) mass is 342 g/mol. The first-order valence-corrected chi connectivity index (χ1v) is 7.30. The van der Waals surface area contributed by atoms with Gasteiger partial charge in [0.25, 0.3) is 0 Å². The van der Waals surface area contributed by atoms with E-state index in [9.17, 15) is 14.4 Å². The first-order chi connectivity index (χ1) is 10.7. The van der Waals surface area contributed by atoms with Gasteiger partial charge < -0.3 is 20.3 Å². The van der Waals surface area contributed by atoms with Crippen LogP contribution in [0, 0.1) is 0 Å². The zero-order valence-electron chi connectivity index (χ0n) is 14.7. The molecule has 1 aliphatic heterocycles. The van der Waals surface area contributed by atoms with Gasteiger partial charge in [-0.15, -0.1) is 0 Å². The molecule has 1 aliphatic rings. The maximum Gasteiger partial charge on any atom is 0.538 e. The number of carboxylic acid groups (broad SMARTS) is 1. The number of rotatable bonds is 2. The smallest absolute Gasteiger partial charge is 0.480 e. The lowest BCUT2D eigenvalue weighted by Crippen LogP contribution is -2.60. The van der Waals surface area contributed by atoms with Gasteiger partial charge in [-0.3, -0.25) is 0 Å². The Balaban J connectivity index is 3.40. The van der Waals surface area contributed by atoms with Gasteiger partial charge in [-0.25, -0.2) is 9.79 Å². The van der Waals surface area contributed by atoms with Gasteiger partial charge in [0, 0.05) is 0 Å². The van der Waals surface area contributed by atoms with Crippen LogP contribution in [-0.2, 0) is 14.3 Å². The quantitative estimate of drug-likeness (QED) is 0.734. The minimum absolute atomic E-state index is 0.258. The van der Waals surface area contributed by atoms with Crippen LogP contribution in [-0.4, -0.2) is 51.3 Å². The van der Waals surface area contributed by atoms with Crippen LogP contribution in [0.25, 0.3) is 0 Å². The van der Waals surface area contributed by atoms with Crippen molar-refractivity contribution in [2.75, 3.05) is 0 Å². The van der Waals surface area contributed by atoms with Crippen LogP contribution in [0.2, 0.25) is 0 Å². The molecule has 0 fully saturated rings. The Morgan fingerprint density at radius 3 is 1.83 bits per heavy atom. The number of ether oxygens (including phenoxy) is 2. The molecule has 9 heteroatoms. The van der Waals surface area contributed by atoms with Crippen LogP contribution in [0.1, 0.15) is 41.5 Å². The first-order valence-electron chi connectivity index (χ1n) is 7.30. The summed E-state index contributed by atoms with van der Waals surface area (Å²) in [4.78, 5) is 40.5. The normalized spacial score (nSPS) is 17.9. The van der Waals surface area contributed by atoms with E-state index in [0.717, 1.165) is 12.5 Å². The summed E-state index contributed by atoms with van der Waals surface area (Å²) in [5.41, 5.74) is 3.53. The fraction of sp³-hybridized carbons (Fsp3) is 0.600. The molecule has 0 spiro atoms. The van der Waals surface area contributed by atoms with Gasteiger partial charge in [0.1, 0.15) is 11.2 Å². The highest BCUT2D eigenvalue weighted by Gasteiger charge is 2.59. The highest BCUT2D eigenvalue weighted by Crippen LogP contribution is 2.30. The molecule has 134 valence electrons. The molecule has 3 N–H and O–H groups in total. The second-order valence-electron chi connectivity index (χ2n) is 7.32. The average Bonchev–Trinajstić information content (AvgIpc) is 2.78. The lowest BCUT2D eigenvalue weighted by atomic mass is 10.1. The van der Waals surface area contributed by atoms with Crippen molar-refractivity contribution < 1.29 is 33.4 Å². The molecule has 1 unspecified atom stereocenters. The number of aliphatic carboxylic acids is 1. The summed E-state index contributed by atoms with van der Waals surface area (Å²) in [7, 11) is 0. The van der Waals surface area contributed by atoms with Gasteiger partial charge >= 0.3 is 18.2 Å². The van der Waals surface area contributed by atoms with Crippen LogP contribution >= 0.6 is 0 Å². The zero-order chi connectivity index (χ0) is 18.9. The summed E-state index contributed by atoms with van der Waals surface area (Å²) < 4.78 is 9.27. The molecule has 0 aliphatic carbocycles. The molecule has 0 aromatic carbocycles. The first kappa shape index (κ1) is 19.8. The number of imide groups is 1. The second kappa shape index (κ2) is 6.33. The Bertz CT molecular complexity index is 582. The van der Waals surface area contributed by atoms with Gasteiger partial charge in [-0.2, -0.15) is 9.59 Å². The van der Waals surface area contributed by atoms with Crippen molar-refractivity contribution in [1.29, 1.82) is 0 Å². The molecule has 0 saturated carbocycles. The molecule has 0 aromatic rings. The predicted octanol–water partition coefficient (Wildman–Crippen LogP) is 1.97. The number of nitrogens with two attached hydrogens (primary N) is 1. The molecule has 1 atom stereocenters. The Morgan fingerprint density at radius 2 is 1.50 bits per heavy atom. The van der Waals surface area contributed by atoms with E-state index >= 15 is 0 Å². The van der Waals surface area contributed by atoms with E-state index in [2.05, 4.69) is 4.99 Å². The molecule has 9 nitrogen and oxygen atoms in total. The van der Waals surface area contributed by atoms with E-state index in [1.54, 1.807) is 41.5 Å². The Kier molecular flexibility index (Phi) is 5.22. The van der Waals surface area contributed by atoms with Crippen molar-refractivity contribution in [2.45, 2.75) is 58.8 Å². The third-order valence-electron chi connectivity index (χ3n) is 2.80. The van der Waals surface area contributed by atoms with E-state index in [1.807, 2.05) is 0 Å². The van der Waals surface area contributed by atoms with E-state index in [4.69, 9.17) is 20.3 Å².